The van der Waals surface area contributed by atoms with Crippen LogP contribution in [0.25, 0.3) is 0 Å². The third-order valence-electron chi connectivity index (χ3n) is 5.08. The van der Waals surface area contributed by atoms with Crippen molar-refractivity contribution >= 4 is 72.9 Å². The second kappa shape index (κ2) is 9.56. The zero-order valence-electron chi connectivity index (χ0n) is 18.1. The van der Waals surface area contributed by atoms with E-state index in [1.807, 2.05) is 0 Å². The van der Waals surface area contributed by atoms with E-state index < -0.39 is 39.7 Å². The summed E-state index contributed by atoms with van der Waals surface area (Å²) in [5.74, 6) is -2.62. The predicted molar refractivity (Wildman–Crippen MR) is 128 cm³/mol. The standard InChI is InChI=1S/C18H18N6O7S4/c1-31-23-11(7-6-32-17(19)21-7)14(25)22-12-8-3-4-9(13(16(27)28)24(8)15(12)26)33-18-20-5-10(34-18)35(2,29)30/h5-6,8,12H,3-4H2,1-2H3,(H2,19,21)(H,22,25)(H,27,28)/b23-11-/t8-,12+/m1/s1. The Morgan fingerprint density at radius 2 is 2.17 bits per heavy atom. The molecule has 0 radical (unpaired) electrons. The number of carbonyl (C=O) groups is 3. The Balaban J connectivity index is 1.53. The van der Waals surface area contributed by atoms with Gasteiger partial charge in [-0.3, -0.25) is 14.5 Å². The average molecular weight is 559 g/mol. The Morgan fingerprint density at radius 1 is 1.43 bits per heavy atom. The fraction of sp³-hybridized carbons (Fsp3) is 0.333. The maximum atomic E-state index is 12.9. The number of nitrogens with one attached hydrogen (secondary N) is 1. The number of nitrogens with zero attached hydrogens (tertiary/aromatic N) is 4. The number of sulfone groups is 1. The summed E-state index contributed by atoms with van der Waals surface area (Å²) < 4.78 is 23.8. The van der Waals surface area contributed by atoms with Gasteiger partial charge in [-0.1, -0.05) is 28.3 Å². The number of allylic oxidation sites excluding steroid dienone is 1. The molecule has 1 saturated heterocycles. The topological polar surface area (TPSA) is 194 Å². The van der Waals surface area contributed by atoms with E-state index in [1.54, 1.807) is 0 Å². The van der Waals surface area contributed by atoms with Gasteiger partial charge in [0.2, 0.25) is 0 Å². The summed E-state index contributed by atoms with van der Waals surface area (Å²) in [5.41, 5.74) is 5.42. The van der Waals surface area contributed by atoms with E-state index in [2.05, 4.69) is 20.4 Å². The van der Waals surface area contributed by atoms with Crippen LogP contribution in [-0.2, 0) is 29.1 Å². The number of aromatic nitrogens is 2. The molecule has 4 rings (SSSR count). The summed E-state index contributed by atoms with van der Waals surface area (Å²) in [7, 11) is -2.19. The molecule has 186 valence electrons. The van der Waals surface area contributed by atoms with Crippen LogP contribution < -0.4 is 11.1 Å². The van der Waals surface area contributed by atoms with Crippen LogP contribution in [0.1, 0.15) is 18.5 Å². The molecule has 13 nitrogen and oxygen atoms in total. The van der Waals surface area contributed by atoms with Crippen LogP contribution in [0, 0.1) is 0 Å². The van der Waals surface area contributed by atoms with E-state index in [0.29, 0.717) is 22.1 Å². The Morgan fingerprint density at radius 3 is 2.74 bits per heavy atom. The number of carboxylic acids is 1. The maximum Gasteiger partial charge on any atom is 0.353 e. The number of aliphatic carboxylic acids is 1. The van der Waals surface area contributed by atoms with Gasteiger partial charge in [0.1, 0.15) is 28.8 Å². The molecule has 4 N–H and O–H groups in total. The lowest BCUT2D eigenvalue weighted by Crippen LogP contribution is -2.72. The highest BCUT2D eigenvalue weighted by atomic mass is 32.2. The number of fused-ring (bicyclic) bond motifs is 1. The molecule has 35 heavy (non-hydrogen) atoms. The van der Waals surface area contributed by atoms with Gasteiger partial charge in [0.25, 0.3) is 11.8 Å². The van der Waals surface area contributed by atoms with Crippen molar-refractivity contribution in [1.82, 2.24) is 20.2 Å². The maximum absolute atomic E-state index is 12.9. The fourth-order valence-corrected chi connectivity index (χ4v) is 7.33. The van der Waals surface area contributed by atoms with E-state index >= 15 is 0 Å². The second-order valence-electron chi connectivity index (χ2n) is 7.36. The molecule has 2 aromatic rings. The van der Waals surface area contributed by atoms with Gasteiger partial charge in [0.15, 0.2) is 25.0 Å². The summed E-state index contributed by atoms with van der Waals surface area (Å²) in [6, 6.07) is -1.53. The Hall–Kier alpha value is -3.02. The molecule has 0 unspecified atom stereocenters. The van der Waals surface area contributed by atoms with Gasteiger partial charge in [-0.05, 0) is 12.8 Å². The summed E-state index contributed by atoms with van der Waals surface area (Å²) in [4.78, 5) is 52.1. The molecular weight excluding hydrogens is 541 g/mol. The highest BCUT2D eigenvalue weighted by Crippen LogP contribution is 2.44. The number of anilines is 1. The van der Waals surface area contributed by atoms with Crippen molar-refractivity contribution in [2.45, 2.75) is 33.5 Å². The van der Waals surface area contributed by atoms with Gasteiger partial charge in [-0.15, -0.1) is 11.3 Å². The summed E-state index contributed by atoms with van der Waals surface area (Å²) in [6.45, 7) is 0. The zero-order valence-corrected chi connectivity index (χ0v) is 21.4. The van der Waals surface area contributed by atoms with Crippen molar-refractivity contribution in [3.8, 4) is 0 Å². The number of rotatable bonds is 8. The lowest BCUT2D eigenvalue weighted by atomic mass is 9.86. The molecule has 4 heterocycles. The molecule has 1 fully saturated rings. The number of hydrogen-bond donors (Lipinski definition) is 3. The van der Waals surface area contributed by atoms with Crippen molar-refractivity contribution in [3.63, 3.8) is 0 Å². The number of carboxylic acid groups (broad SMARTS) is 1. The van der Waals surface area contributed by atoms with Crippen LogP contribution in [-0.4, -0.2) is 77.3 Å². The van der Waals surface area contributed by atoms with Crippen molar-refractivity contribution < 1.29 is 32.7 Å². The minimum absolute atomic E-state index is 0.0596. The number of amides is 2. The second-order valence-corrected chi connectivity index (χ2v) is 12.9. The molecule has 0 spiro atoms. The molecule has 2 amide bonds. The number of hydrogen-bond acceptors (Lipinski definition) is 13. The molecule has 0 aliphatic carbocycles. The van der Waals surface area contributed by atoms with Crippen molar-refractivity contribution in [2.75, 3.05) is 19.1 Å². The van der Waals surface area contributed by atoms with Gasteiger partial charge >= 0.3 is 5.97 Å². The van der Waals surface area contributed by atoms with Gasteiger partial charge < -0.3 is 21.0 Å². The number of thiazole rings is 2. The van der Waals surface area contributed by atoms with Gasteiger partial charge in [0, 0.05) is 16.5 Å². The summed E-state index contributed by atoms with van der Waals surface area (Å²) in [6.07, 6.45) is 2.94. The van der Waals surface area contributed by atoms with E-state index in [0.717, 1.165) is 45.6 Å². The molecule has 2 aliphatic rings. The fourth-order valence-electron chi connectivity index (χ4n) is 3.60. The number of oxime groups is 1. The largest absolute Gasteiger partial charge is 0.477 e. The van der Waals surface area contributed by atoms with Crippen LogP contribution in [0.3, 0.4) is 0 Å². The van der Waals surface area contributed by atoms with Gasteiger partial charge in [-0.2, -0.15) is 0 Å². The molecule has 2 aliphatic heterocycles. The lowest BCUT2D eigenvalue weighted by molar-refractivity contribution is -0.155. The normalized spacial score (nSPS) is 20.3. The monoisotopic (exact) mass is 558 g/mol. The molecule has 0 aromatic carbocycles. The SMILES string of the molecule is CO/N=C(\C(=O)N[C@@H]1C(=O)N2C(C(=O)O)=C(Sc3ncc(S(C)(=O)=O)s3)CC[C@H]12)c1csc(N)n1. The first-order chi connectivity index (χ1) is 16.5. The van der Waals surface area contributed by atoms with Crippen LogP contribution in [0.15, 0.2) is 35.9 Å². The number of carbonyl (C=O) groups excluding carboxylic acids is 2. The smallest absolute Gasteiger partial charge is 0.353 e. The first-order valence-corrected chi connectivity index (χ1v) is 14.2. The van der Waals surface area contributed by atoms with Crippen molar-refractivity contribution in [2.24, 2.45) is 5.16 Å². The Bertz CT molecular complexity index is 1380. The highest BCUT2D eigenvalue weighted by Gasteiger charge is 2.54. The number of β-lactam (4-membered cyclic amide) rings is 1. The summed E-state index contributed by atoms with van der Waals surface area (Å²) >= 11 is 3.04. The van der Waals surface area contributed by atoms with Crippen LogP contribution in [0.5, 0.6) is 0 Å². The van der Waals surface area contributed by atoms with Gasteiger partial charge in [0.05, 0.1) is 12.2 Å². The molecular formula is C18H18N6O7S4. The quantitative estimate of drug-likeness (QED) is 0.232. The molecule has 2 aromatic heterocycles. The Kier molecular flexibility index (Phi) is 6.85. The molecule has 2 atom stereocenters. The number of thioether (sulfide) groups is 1. The van der Waals surface area contributed by atoms with E-state index in [1.165, 1.54) is 18.7 Å². The number of nitrogen functional groups attached to an aromatic ring is 1. The third kappa shape index (κ3) is 4.89. The van der Waals surface area contributed by atoms with Crippen LogP contribution in [0.4, 0.5) is 5.13 Å². The van der Waals surface area contributed by atoms with Crippen LogP contribution in [0.2, 0.25) is 0 Å². The lowest BCUT2D eigenvalue weighted by Gasteiger charge is -2.49. The average Bonchev–Trinajstić information content (AvgIpc) is 3.44. The highest BCUT2D eigenvalue weighted by molar-refractivity contribution is 8.05. The Labute approximate surface area is 211 Å². The number of nitrogens with two attached hydrogens (primary N) is 1. The van der Waals surface area contributed by atoms with Crippen LogP contribution >= 0.6 is 34.4 Å². The molecule has 0 saturated carbocycles. The minimum atomic E-state index is -3.44. The zero-order chi connectivity index (χ0) is 25.5. The van der Waals surface area contributed by atoms with Crippen molar-refractivity contribution in [1.29, 1.82) is 0 Å². The first-order valence-electron chi connectivity index (χ1n) is 9.78. The van der Waals surface area contributed by atoms with Gasteiger partial charge in [-0.25, -0.2) is 23.2 Å². The van der Waals surface area contributed by atoms with E-state index in [4.69, 9.17) is 10.6 Å². The third-order valence-corrected chi connectivity index (χ3v) is 9.76. The van der Waals surface area contributed by atoms with E-state index in [-0.39, 0.29) is 26.4 Å². The summed E-state index contributed by atoms with van der Waals surface area (Å²) in [5, 5.41) is 17.8. The van der Waals surface area contributed by atoms with E-state index in [9.17, 15) is 27.9 Å². The first kappa shape index (κ1) is 25.1. The van der Waals surface area contributed by atoms with Crippen molar-refractivity contribution in [3.05, 3.63) is 27.9 Å². The molecule has 17 heteroatoms. The molecule has 0 bridgehead atoms. The minimum Gasteiger partial charge on any atom is -0.477 e. The predicted octanol–water partition coefficient (Wildman–Crippen LogP) is 0.514.